The van der Waals surface area contributed by atoms with Gasteiger partial charge in [-0.05, 0) is 51.4 Å². The Balaban J connectivity index is 1.38. The van der Waals surface area contributed by atoms with E-state index in [-0.39, 0.29) is 5.92 Å². The van der Waals surface area contributed by atoms with E-state index in [4.69, 9.17) is 0 Å². The molecule has 0 aromatic carbocycles. The maximum absolute atomic E-state index is 12.7. The summed E-state index contributed by atoms with van der Waals surface area (Å²) in [6.07, 6.45) is 10.7. The van der Waals surface area contributed by atoms with Gasteiger partial charge in [-0.3, -0.25) is 9.89 Å². The molecule has 0 atom stereocenters. The van der Waals surface area contributed by atoms with Gasteiger partial charge in [-0.25, -0.2) is 4.98 Å². The highest BCUT2D eigenvalue weighted by molar-refractivity contribution is 5.80. The predicted octanol–water partition coefficient (Wildman–Crippen LogP) is 2.23. The highest BCUT2D eigenvalue weighted by atomic mass is 16.2. The number of nitrogens with one attached hydrogen (secondary N) is 1. The number of nitrogens with zero attached hydrogens (tertiary/aromatic N) is 3. The lowest BCUT2D eigenvalue weighted by Crippen LogP contribution is -2.40. The summed E-state index contributed by atoms with van der Waals surface area (Å²) < 4.78 is 0. The average Bonchev–Trinajstić information content (AvgIpc) is 3.23. The number of hydrogen-bond donors (Lipinski definition) is 1. The molecule has 3 aliphatic rings. The van der Waals surface area contributed by atoms with Crippen molar-refractivity contribution in [2.24, 2.45) is 5.92 Å². The molecule has 1 aromatic rings. The van der Waals surface area contributed by atoms with E-state index in [0.29, 0.717) is 23.9 Å². The molecule has 4 rings (SSSR count). The molecule has 108 valence electrons. The van der Waals surface area contributed by atoms with E-state index < -0.39 is 0 Å². The number of rotatable bonds is 2. The van der Waals surface area contributed by atoms with E-state index in [1.165, 1.54) is 25.7 Å². The van der Waals surface area contributed by atoms with Crippen LogP contribution < -0.4 is 0 Å². The number of aromatic amines is 1. The van der Waals surface area contributed by atoms with Crippen molar-refractivity contribution in [1.29, 1.82) is 0 Å². The summed E-state index contributed by atoms with van der Waals surface area (Å²) in [7, 11) is 0. The van der Waals surface area contributed by atoms with Crippen LogP contribution in [-0.4, -0.2) is 38.1 Å². The summed E-state index contributed by atoms with van der Waals surface area (Å²) in [6.45, 7) is 0. The summed E-state index contributed by atoms with van der Waals surface area (Å²) in [6, 6.07) is 1.14. The minimum atomic E-state index is 0.260. The Morgan fingerprint density at radius 2 is 1.70 bits per heavy atom. The molecule has 2 aliphatic heterocycles. The van der Waals surface area contributed by atoms with Crippen molar-refractivity contribution in [3.63, 3.8) is 0 Å². The Hall–Kier alpha value is -1.39. The van der Waals surface area contributed by atoms with Crippen molar-refractivity contribution in [3.05, 3.63) is 12.2 Å². The summed E-state index contributed by atoms with van der Waals surface area (Å²) in [5.74, 6) is 2.18. The van der Waals surface area contributed by atoms with Crippen molar-refractivity contribution in [3.8, 4) is 0 Å². The maximum Gasteiger partial charge on any atom is 0.226 e. The van der Waals surface area contributed by atoms with Gasteiger partial charge in [0.2, 0.25) is 5.91 Å². The second kappa shape index (κ2) is 4.86. The summed E-state index contributed by atoms with van der Waals surface area (Å²) >= 11 is 0. The molecule has 3 fully saturated rings. The van der Waals surface area contributed by atoms with E-state index in [1.807, 2.05) is 0 Å². The van der Waals surface area contributed by atoms with Crippen molar-refractivity contribution >= 4 is 5.91 Å². The van der Waals surface area contributed by atoms with Crippen LogP contribution in [0.2, 0.25) is 0 Å². The van der Waals surface area contributed by atoms with Gasteiger partial charge in [0, 0.05) is 23.9 Å². The molecule has 1 aliphatic carbocycles. The van der Waals surface area contributed by atoms with Crippen LogP contribution >= 0.6 is 0 Å². The Bertz CT molecular complexity index is 458. The Kier molecular flexibility index (Phi) is 3.00. The first kappa shape index (κ1) is 12.4. The van der Waals surface area contributed by atoms with Gasteiger partial charge in [0.1, 0.15) is 12.2 Å². The Morgan fingerprint density at radius 1 is 1.05 bits per heavy atom. The van der Waals surface area contributed by atoms with Gasteiger partial charge in [-0.2, -0.15) is 5.10 Å². The number of hydrogen-bond acceptors (Lipinski definition) is 3. The first-order valence-electron chi connectivity index (χ1n) is 8.00. The monoisotopic (exact) mass is 274 g/mol. The molecule has 20 heavy (non-hydrogen) atoms. The first-order chi connectivity index (χ1) is 9.83. The number of H-pyrrole nitrogens is 1. The van der Waals surface area contributed by atoms with E-state index >= 15 is 0 Å². The SMILES string of the molecule is O=C(C1CCC(c2ncn[nH]2)CC1)N1C2CCC1CC2. The van der Waals surface area contributed by atoms with Gasteiger partial charge >= 0.3 is 0 Å². The van der Waals surface area contributed by atoms with Gasteiger partial charge in [0.25, 0.3) is 0 Å². The predicted molar refractivity (Wildman–Crippen MR) is 74.0 cm³/mol. The second-order valence-corrected chi connectivity index (χ2v) is 6.63. The molecular weight excluding hydrogens is 252 g/mol. The number of fused-ring (bicyclic) bond motifs is 2. The molecule has 5 heteroatoms. The Labute approximate surface area is 119 Å². The minimum Gasteiger partial charge on any atom is -0.336 e. The normalized spacial score (nSPS) is 36.5. The fourth-order valence-corrected chi connectivity index (χ4v) is 4.51. The third-order valence-corrected chi connectivity index (χ3v) is 5.60. The van der Waals surface area contributed by atoms with E-state index in [9.17, 15) is 4.79 Å². The van der Waals surface area contributed by atoms with Crippen molar-refractivity contribution in [2.45, 2.75) is 69.4 Å². The van der Waals surface area contributed by atoms with Crippen LogP contribution in [0.4, 0.5) is 0 Å². The molecule has 2 bridgehead atoms. The standard InChI is InChI=1S/C15H22N4O/c20-15(19-12-5-6-13(19)8-7-12)11-3-1-10(2-4-11)14-16-9-17-18-14/h9-13H,1-8H2,(H,16,17,18). The zero-order valence-electron chi connectivity index (χ0n) is 11.8. The van der Waals surface area contributed by atoms with Crippen LogP contribution in [0, 0.1) is 5.92 Å². The largest absolute Gasteiger partial charge is 0.336 e. The molecule has 5 nitrogen and oxygen atoms in total. The zero-order valence-corrected chi connectivity index (χ0v) is 11.8. The molecule has 0 spiro atoms. The number of carbonyl (C=O) groups is 1. The molecule has 1 amide bonds. The maximum atomic E-state index is 12.7. The lowest BCUT2D eigenvalue weighted by atomic mass is 9.81. The van der Waals surface area contributed by atoms with Crippen molar-refractivity contribution in [2.75, 3.05) is 0 Å². The fraction of sp³-hybridized carbons (Fsp3) is 0.800. The van der Waals surface area contributed by atoms with Crippen LogP contribution in [0.15, 0.2) is 6.33 Å². The highest BCUT2D eigenvalue weighted by Crippen LogP contribution is 2.41. The molecule has 2 saturated heterocycles. The summed E-state index contributed by atoms with van der Waals surface area (Å²) in [5, 5.41) is 6.91. The van der Waals surface area contributed by atoms with Crippen LogP contribution in [-0.2, 0) is 4.79 Å². The number of carbonyl (C=O) groups excluding carboxylic acids is 1. The van der Waals surface area contributed by atoms with Gasteiger partial charge in [-0.1, -0.05) is 0 Å². The third-order valence-electron chi connectivity index (χ3n) is 5.60. The van der Waals surface area contributed by atoms with Crippen molar-refractivity contribution in [1.82, 2.24) is 20.1 Å². The van der Waals surface area contributed by atoms with Crippen LogP contribution in [0.25, 0.3) is 0 Å². The van der Waals surface area contributed by atoms with Crippen molar-refractivity contribution < 1.29 is 4.79 Å². The number of aromatic nitrogens is 3. The fourth-order valence-electron chi connectivity index (χ4n) is 4.51. The smallest absolute Gasteiger partial charge is 0.226 e. The minimum absolute atomic E-state index is 0.260. The molecule has 3 heterocycles. The first-order valence-corrected chi connectivity index (χ1v) is 8.00. The van der Waals surface area contributed by atoms with E-state index in [0.717, 1.165) is 31.5 Å². The van der Waals surface area contributed by atoms with Gasteiger partial charge in [0.05, 0.1) is 0 Å². The van der Waals surface area contributed by atoms with Gasteiger partial charge in [-0.15, -0.1) is 0 Å². The second-order valence-electron chi connectivity index (χ2n) is 6.63. The molecular formula is C15H22N4O. The van der Waals surface area contributed by atoms with Gasteiger partial charge in [0.15, 0.2) is 0 Å². The topological polar surface area (TPSA) is 61.9 Å². The quantitative estimate of drug-likeness (QED) is 0.899. The van der Waals surface area contributed by atoms with Gasteiger partial charge < -0.3 is 4.90 Å². The molecule has 1 saturated carbocycles. The summed E-state index contributed by atoms with van der Waals surface area (Å²) in [4.78, 5) is 19.3. The van der Waals surface area contributed by atoms with Crippen LogP contribution in [0.1, 0.15) is 63.1 Å². The van der Waals surface area contributed by atoms with E-state index in [1.54, 1.807) is 6.33 Å². The lowest BCUT2D eigenvalue weighted by Gasteiger charge is -2.31. The number of amides is 1. The Morgan fingerprint density at radius 3 is 2.25 bits per heavy atom. The summed E-state index contributed by atoms with van der Waals surface area (Å²) in [5.41, 5.74) is 0. The molecule has 1 N–H and O–H groups in total. The van der Waals surface area contributed by atoms with Crippen LogP contribution in [0.5, 0.6) is 0 Å². The zero-order chi connectivity index (χ0) is 13.5. The molecule has 1 aromatic heterocycles. The van der Waals surface area contributed by atoms with E-state index in [2.05, 4.69) is 20.1 Å². The van der Waals surface area contributed by atoms with Crippen LogP contribution in [0.3, 0.4) is 0 Å². The molecule has 0 radical (unpaired) electrons. The molecule has 0 unspecified atom stereocenters. The third kappa shape index (κ3) is 1.95. The average molecular weight is 274 g/mol. The highest BCUT2D eigenvalue weighted by Gasteiger charge is 2.44. The lowest BCUT2D eigenvalue weighted by molar-refractivity contribution is -0.137.